The van der Waals surface area contributed by atoms with Gasteiger partial charge in [0, 0.05) is 6.42 Å². The van der Waals surface area contributed by atoms with Crippen LogP contribution in [0, 0.1) is 41.4 Å². The van der Waals surface area contributed by atoms with Gasteiger partial charge in [-0.25, -0.2) is 8.78 Å². The molecule has 1 saturated heterocycles. The summed E-state index contributed by atoms with van der Waals surface area (Å²) in [7, 11) is 0. The summed E-state index contributed by atoms with van der Waals surface area (Å²) in [6, 6.07) is 0. The lowest BCUT2D eigenvalue weighted by atomic mass is 9.67. The van der Waals surface area contributed by atoms with Crippen LogP contribution >= 0.6 is 0 Å². The number of carbonyl (C=O) groups is 1. The Balaban J connectivity index is 1.20. The van der Waals surface area contributed by atoms with E-state index in [1.54, 1.807) is 0 Å². The zero-order valence-corrected chi connectivity index (χ0v) is 15.1. The van der Waals surface area contributed by atoms with E-state index in [0.717, 1.165) is 18.8 Å². The number of carbonyl (C=O) groups excluding carboxylic acids is 1. The SMILES string of the molecule is O=C(OCC1CC(F)(F)C(O)(C(F)(F)F)O1)C1CC2CC1C1C3CCC(C3)C21. The smallest absolute Gasteiger partial charge is 0.449 e. The van der Waals surface area contributed by atoms with Gasteiger partial charge >= 0.3 is 23.9 Å². The van der Waals surface area contributed by atoms with Gasteiger partial charge in [0.05, 0.1) is 5.92 Å². The van der Waals surface area contributed by atoms with Crippen LogP contribution in [0.25, 0.3) is 0 Å². The van der Waals surface area contributed by atoms with Crippen LogP contribution in [0.2, 0.25) is 0 Å². The van der Waals surface area contributed by atoms with Gasteiger partial charge in [-0.15, -0.1) is 0 Å². The lowest BCUT2D eigenvalue weighted by Gasteiger charge is -2.37. The lowest BCUT2D eigenvalue weighted by molar-refractivity contribution is -0.407. The zero-order valence-electron chi connectivity index (χ0n) is 15.1. The first-order valence-corrected chi connectivity index (χ1v) is 10.0. The normalized spacial score (nSPS) is 50.9. The maximum atomic E-state index is 13.7. The van der Waals surface area contributed by atoms with Crippen molar-refractivity contribution in [3.63, 3.8) is 0 Å². The van der Waals surface area contributed by atoms with E-state index >= 15 is 0 Å². The van der Waals surface area contributed by atoms with Crippen LogP contribution in [0.15, 0.2) is 0 Å². The number of hydrogen-bond donors (Lipinski definition) is 1. The minimum atomic E-state index is -5.64. The fourth-order valence-corrected chi connectivity index (χ4v) is 7.28. The van der Waals surface area contributed by atoms with Crippen LogP contribution in [0.3, 0.4) is 0 Å². The summed E-state index contributed by atoms with van der Waals surface area (Å²) in [5.74, 6) is -6.43. The number of aliphatic hydroxyl groups is 1. The number of alkyl halides is 5. The predicted octanol–water partition coefficient (Wildman–Crippen LogP) is 3.52. The van der Waals surface area contributed by atoms with Crippen molar-refractivity contribution < 1.29 is 41.3 Å². The van der Waals surface area contributed by atoms with E-state index < -0.39 is 43.0 Å². The minimum absolute atomic E-state index is 0.246. The molecule has 5 aliphatic rings. The van der Waals surface area contributed by atoms with Crippen molar-refractivity contribution >= 4 is 5.97 Å². The highest BCUT2D eigenvalue weighted by atomic mass is 19.4. The summed E-state index contributed by atoms with van der Waals surface area (Å²) in [5.41, 5.74) is 0. The highest BCUT2D eigenvalue weighted by Crippen LogP contribution is 2.68. The number of ether oxygens (including phenoxy) is 2. The second-order valence-corrected chi connectivity index (χ2v) is 9.41. The first-order valence-electron chi connectivity index (χ1n) is 10.0. The van der Waals surface area contributed by atoms with Crippen molar-refractivity contribution in [1.82, 2.24) is 0 Å². The molecular weight excluding hydrogens is 387 g/mol. The minimum Gasteiger partial charge on any atom is -0.463 e. The highest BCUT2D eigenvalue weighted by molar-refractivity contribution is 5.73. The van der Waals surface area contributed by atoms with E-state index in [1.807, 2.05) is 0 Å². The van der Waals surface area contributed by atoms with Gasteiger partial charge in [-0.05, 0) is 67.6 Å². The van der Waals surface area contributed by atoms with Crippen molar-refractivity contribution in [3.8, 4) is 0 Å². The Morgan fingerprint density at radius 1 is 1.07 bits per heavy atom. The molecule has 1 aliphatic heterocycles. The highest BCUT2D eigenvalue weighted by Gasteiger charge is 2.75. The van der Waals surface area contributed by atoms with Gasteiger partial charge < -0.3 is 14.6 Å². The summed E-state index contributed by atoms with van der Waals surface area (Å²) in [6.45, 7) is -0.707. The molecule has 158 valence electrons. The van der Waals surface area contributed by atoms with E-state index in [4.69, 9.17) is 4.74 Å². The van der Waals surface area contributed by atoms with Gasteiger partial charge in [0.2, 0.25) is 0 Å². The Morgan fingerprint density at radius 3 is 2.39 bits per heavy atom. The maximum absolute atomic E-state index is 13.7. The van der Waals surface area contributed by atoms with E-state index in [0.29, 0.717) is 23.7 Å². The van der Waals surface area contributed by atoms with Crippen LogP contribution in [-0.4, -0.2) is 41.7 Å². The number of halogens is 5. The molecule has 0 amide bonds. The van der Waals surface area contributed by atoms with Crippen molar-refractivity contribution in [1.29, 1.82) is 0 Å². The molecule has 1 heterocycles. The molecule has 0 aromatic rings. The number of rotatable bonds is 3. The third kappa shape index (κ3) is 2.44. The Kier molecular flexibility index (Phi) is 3.94. The number of esters is 1. The average molecular weight is 410 g/mol. The molecule has 5 fully saturated rings. The summed E-state index contributed by atoms with van der Waals surface area (Å²) in [4.78, 5) is 12.6. The molecule has 4 bridgehead atoms. The monoisotopic (exact) mass is 410 g/mol. The third-order valence-electron chi connectivity index (χ3n) is 8.15. The van der Waals surface area contributed by atoms with Crippen LogP contribution in [0.1, 0.15) is 38.5 Å². The van der Waals surface area contributed by atoms with Crippen LogP contribution < -0.4 is 0 Å². The molecule has 9 unspecified atom stereocenters. The van der Waals surface area contributed by atoms with Crippen molar-refractivity contribution in [2.45, 2.75) is 62.5 Å². The quantitative estimate of drug-likeness (QED) is 0.440. The predicted molar refractivity (Wildman–Crippen MR) is 83.9 cm³/mol. The van der Waals surface area contributed by atoms with Gasteiger partial charge in [-0.1, -0.05) is 0 Å². The number of fused-ring (bicyclic) bond motifs is 9. The first kappa shape index (κ1) is 19.0. The van der Waals surface area contributed by atoms with Crippen LogP contribution in [0.5, 0.6) is 0 Å². The van der Waals surface area contributed by atoms with Gasteiger partial charge in [0.1, 0.15) is 12.7 Å². The lowest BCUT2D eigenvalue weighted by Crippen LogP contribution is -2.56. The summed E-state index contributed by atoms with van der Waals surface area (Å²) >= 11 is 0. The molecule has 9 heteroatoms. The maximum Gasteiger partial charge on any atom is 0.449 e. The Bertz CT molecular complexity index is 682. The average Bonchev–Trinajstić information content (AvgIpc) is 3.37. The summed E-state index contributed by atoms with van der Waals surface area (Å²) < 4.78 is 75.1. The summed E-state index contributed by atoms with van der Waals surface area (Å²) in [5, 5.41) is 9.31. The van der Waals surface area contributed by atoms with Gasteiger partial charge in [-0.3, -0.25) is 4.79 Å². The fourth-order valence-electron chi connectivity index (χ4n) is 7.28. The fraction of sp³-hybridized carbons (Fsp3) is 0.947. The summed E-state index contributed by atoms with van der Waals surface area (Å²) in [6.07, 6.45) is -3.24. The van der Waals surface area contributed by atoms with Gasteiger partial charge in [-0.2, -0.15) is 13.2 Å². The van der Waals surface area contributed by atoms with E-state index in [9.17, 15) is 31.9 Å². The molecule has 1 N–H and O–H groups in total. The van der Waals surface area contributed by atoms with Crippen LogP contribution in [-0.2, 0) is 14.3 Å². The molecule has 0 aromatic heterocycles. The van der Waals surface area contributed by atoms with Gasteiger partial charge in [0.15, 0.2) is 0 Å². The molecule has 4 nitrogen and oxygen atoms in total. The third-order valence-corrected chi connectivity index (χ3v) is 8.15. The standard InChI is InChI=1S/C19H23F5O4/c20-17(21)6-11(28-18(17,26)19(22,23)24)7-27-16(25)13-5-10-4-12(13)15-9-2-1-8(3-9)14(10)15/h8-15,26H,1-7H2. The topological polar surface area (TPSA) is 55.8 Å². The molecule has 28 heavy (non-hydrogen) atoms. The molecule has 4 saturated carbocycles. The molecule has 9 atom stereocenters. The molecule has 5 rings (SSSR count). The number of hydrogen-bond acceptors (Lipinski definition) is 4. The van der Waals surface area contributed by atoms with Crippen molar-refractivity contribution in [2.75, 3.05) is 6.61 Å². The van der Waals surface area contributed by atoms with E-state index in [2.05, 4.69) is 4.74 Å². The van der Waals surface area contributed by atoms with Crippen LogP contribution in [0.4, 0.5) is 22.0 Å². The second-order valence-electron chi connectivity index (χ2n) is 9.41. The molecule has 0 spiro atoms. The van der Waals surface area contributed by atoms with E-state index in [-0.39, 0.29) is 11.8 Å². The van der Waals surface area contributed by atoms with E-state index in [1.165, 1.54) is 19.3 Å². The molecule has 4 aliphatic carbocycles. The Morgan fingerprint density at radius 2 is 1.75 bits per heavy atom. The zero-order chi connectivity index (χ0) is 20.1. The Hall–Kier alpha value is -0.960. The molecule has 0 aromatic carbocycles. The van der Waals surface area contributed by atoms with Crippen molar-refractivity contribution in [2.24, 2.45) is 41.4 Å². The molecule has 0 radical (unpaired) electrons. The van der Waals surface area contributed by atoms with Gasteiger partial charge in [0.25, 0.3) is 0 Å². The molecular formula is C19H23F5O4. The first-order chi connectivity index (χ1) is 13.0. The second kappa shape index (κ2) is 5.80. The Labute approximate surface area is 158 Å². The van der Waals surface area contributed by atoms with Crippen molar-refractivity contribution in [3.05, 3.63) is 0 Å². The largest absolute Gasteiger partial charge is 0.463 e.